The van der Waals surface area contributed by atoms with Crippen molar-refractivity contribution in [2.45, 2.75) is 18.9 Å². The summed E-state index contributed by atoms with van der Waals surface area (Å²) < 4.78 is 5.72. The zero-order chi connectivity index (χ0) is 15.8. The summed E-state index contributed by atoms with van der Waals surface area (Å²) in [7, 11) is 0. The maximum absolute atomic E-state index is 12.4. The molecular weight excluding hydrogens is 312 g/mol. The van der Waals surface area contributed by atoms with Gasteiger partial charge in [0.25, 0.3) is 5.91 Å². The van der Waals surface area contributed by atoms with Crippen molar-refractivity contribution < 1.29 is 9.21 Å². The highest BCUT2D eigenvalue weighted by Gasteiger charge is 2.35. The Balaban J connectivity index is 1.46. The zero-order valence-electron chi connectivity index (χ0n) is 12.8. The number of furan rings is 1. The second-order valence-electron chi connectivity index (χ2n) is 6.39. The molecule has 0 radical (unpaired) electrons. The average Bonchev–Trinajstić information content (AvgIpc) is 3.07. The second kappa shape index (κ2) is 6.02. The molecule has 5 heteroatoms. The van der Waals surface area contributed by atoms with Gasteiger partial charge in [0.05, 0.1) is 0 Å². The monoisotopic (exact) mass is 330 g/mol. The summed E-state index contributed by atoms with van der Waals surface area (Å²) in [5.74, 6) is 1.53. The maximum atomic E-state index is 12.4. The molecule has 2 bridgehead atoms. The van der Waals surface area contributed by atoms with Crippen LogP contribution in [0, 0.1) is 5.92 Å². The molecule has 4 nitrogen and oxygen atoms in total. The van der Waals surface area contributed by atoms with Gasteiger partial charge in [-0.1, -0.05) is 11.6 Å². The van der Waals surface area contributed by atoms with Gasteiger partial charge in [-0.05, 0) is 68.2 Å². The average molecular weight is 331 g/mol. The highest BCUT2D eigenvalue weighted by molar-refractivity contribution is 6.30. The molecule has 3 saturated heterocycles. The number of carbonyl (C=O) groups is 1. The third-order valence-corrected chi connectivity index (χ3v) is 5.18. The Bertz CT molecular complexity index is 702. The Morgan fingerprint density at radius 1 is 1.13 bits per heavy atom. The minimum atomic E-state index is -0.121. The highest BCUT2D eigenvalue weighted by Crippen LogP contribution is 2.28. The molecule has 3 fully saturated rings. The number of carbonyl (C=O) groups excluding carboxylic acids is 1. The van der Waals surface area contributed by atoms with Gasteiger partial charge in [-0.15, -0.1) is 0 Å². The first-order chi connectivity index (χ1) is 11.2. The molecule has 0 saturated carbocycles. The van der Waals surface area contributed by atoms with Crippen molar-refractivity contribution in [2.24, 2.45) is 5.92 Å². The van der Waals surface area contributed by atoms with Crippen LogP contribution < -0.4 is 5.32 Å². The molecule has 3 aliphatic rings. The van der Waals surface area contributed by atoms with E-state index in [1.807, 2.05) is 30.3 Å². The molecule has 5 rings (SSSR count). The van der Waals surface area contributed by atoms with Gasteiger partial charge in [-0.25, -0.2) is 0 Å². The lowest BCUT2D eigenvalue weighted by atomic mass is 9.84. The van der Waals surface area contributed by atoms with Crippen molar-refractivity contribution >= 4 is 17.5 Å². The molecule has 1 aromatic heterocycles. The molecule has 1 atom stereocenters. The van der Waals surface area contributed by atoms with Gasteiger partial charge in [0.1, 0.15) is 5.76 Å². The number of halogens is 1. The zero-order valence-corrected chi connectivity index (χ0v) is 13.6. The van der Waals surface area contributed by atoms with Crippen LogP contribution in [-0.4, -0.2) is 36.5 Å². The summed E-state index contributed by atoms with van der Waals surface area (Å²) in [5.41, 5.74) is 0.913. The fraction of sp³-hybridized carbons (Fsp3) is 0.389. The number of hydrogen-bond donors (Lipinski definition) is 1. The minimum Gasteiger partial charge on any atom is -0.451 e. The van der Waals surface area contributed by atoms with Gasteiger partial charge in [-0.3, -0.25) is 4.79 Å². The maximum Gasteiger partial charge on any atom is 0.287 e. The molecule has 0 aliphatic carbocycles. The molecule has 1 amide bonds. The molecular formula is C18H19ClN2O2. The van der Waals surface area contributed by atoms with Crippen LogP contribution in [0.5, 0.6) is 0 Å². The summed E-state index contributed by atoms with van der Waals surface area (Å²) in [6.07, 6.45) is 2.36. The lowest BCUT2D eigenvalue weighted by Crippen LogP contribution is -2.57. The van der Waals surface area contributed by atoms with Gasteiger partial charge >= 0.3 is 0 Å². The fourth-order valence-corrected chi connectivity index (χ4v) is 3.72. The molecule has 1 aromatic carbocycles. The van der Waals surface area contributed by atoms with Gasteiger partial charge in [0.2, 0.25) is 0 Å². The molecule has 2 aromatic rings. The van der Waals surface area contributed by atoms with E-state index in [9.17, 15) is 4.79 Å². The van der Waals surface area contributed by atoms with Gasteiger partial charge < -0.3 is 14.6 Å². The quantitative estimate of drug-likeness (QED) is 0.938. The van der Waals surface area contributed by atoms with E-state index in [1.165, 1.54) is 25.9 Å². The summed E-state index contributed by atoms with van der Waals surface area (Å²) >= 11 is 5.90. The van der Waals surface area contributed by atoms with Crippen LogP contribution in [0.25, 0.3) is 11.3 Å². The van der Waals surface area contributed by atoms with Crippen molar-refractivity contribution in [3.05, 3.63) is 47.2 Å². The van der Waals surface area contributed by atoms with Crippen LogP contribution in [0.4, 0.5) is 0 Å². The number of nitrogens with zero attached hydrogens (tertiary/aromatic N) is 1. The molecule has 23 heavy (non-hydrogen) atoms. The highest BCUT2D eigenvalue weighted by atomic mass is 35.5. The Morgan fingerprint density at radius 3 is 2.52 bits per heavy atom. The summed E-state index contributed by atoms with van der Waals surface area (Å²) in [5, 5.41) is 3.83. The Hall–Kier alpha value is -1.78. The molecule has 1 N–H and O–H groups in total. The molecule has 4 heterocycles. The van der Waals surface area contributed by atoms with E-state index >= 15 is 0 Å². The van der Waals surface area contributed by atoms with Crippen LogP contribution in [-0.2, 0) is 0 Å². The molecule has 0 spiro atoms. The number of piperidine rings is 3. The van der Waals surface area contributed by atoms with Crippen molar-refractivity contribution in [1.29, 1.82) is 0 Å². The van der Waals surface area contributed by atoms with Gasteiger partial charge in [0, 0.05) is 23.2 Å². The van der Waals surface area contributed by atoms with Crippen LogP contribution >= 0.6 is 11.6 Å². The van der Waals surface area contributed by atoms with E-state index in [-0.39, 0.29) is 11.9 Å². The third-order valence-electron chi connectivity index (χ3n) is 4.93. The lowest BCUT2D eigenvalue weighted by molar-refractivity contribution is 0.0606. The SMILES string of the molecule is O=C(NC1CN2CCC1CC2)c1ccc(-c2ccc(Cl)cc2)o1. The van der Waals surface area contributed by atoms with Crippen LogP contribution in [0.3, 0.4) is 0 Å². The first-order valence-corrected chi connectivity index (χ1v) is 8.46. The number of fused-ring (bicyclic) bond motifs is 3. The normalized spacial score (nSPS) is 26.2. The minimum absolute atomic E-state index is 0.121. The van der Waals surface area contributed by atoms with E-state index < -0.39 is 0 Å². The largest absolute Gasteiger partial charge is 0.451 e. The number of benzene rings is 1. The topological polar surface area (TPSA) is 45.5 Å². The van der Waals surface area contributed by atoms with Crippen LogP contribution in [0.15, 0.2) is 40.8 Å². The van der Waals surface area contributed by atoms with Gasteiger partial charge in [-0.2, -0.15) is 0 Å². The predicted molar refractivity (Wildman–Crippen MR) is 89.6 cm³/mol. The summed E-state index contributed by atoms with van der Waals surface area (Å²) in [6, 6.07) is 11.2. The predicted octanol–water partition coefficient (Wildman–Crippen LogP) is 3.42. The van der Waals surface area contributed by atoms with Crippen molar-refractivity contribution in [3.63, 3.8) is 0 Å². The van der Waals surface area contributed by atoms with Crippen LogP contribution in [0.2, 0.25) is 5.02 Å². The standard InChI is InChI=1S/C18H19ClN2O2/c19-14-3-1-13(2-4-14)16-5-6-17(23-16)18(22)20-15-11-21-9-7-12(15)8-10-21/h1-6,12,15H,7-11H2,(H,20,22). The van der Waals surface area contributed by atoms with Crippen molar-refractivity contribution in [3.8, 4) is 11.3 Å². The number of nitrogens with one attached hydrogen (secondary N) is 1. The smallest absolute Gasteiger partial charge is 0.287 e. The second-order valence-corrected chi connectivity index (χ2v) is 6.83. The van der Waals surface area contributed by atoms with Crippen molar-refractivity contribution in [2.75, 3.05) is 19.6 Å². The Kier molecular flexibility index (Phi) is 3.87. The number of amides is 1. The van der Waals surface area contributed by atoms with E-state index in [4.69, 9.17) is 16.0 Å². The summed E-state index contributed by atoms with van der Waals surface area (Å²) in [6.45, 7) is 3.29. The molecule has 3 aliphatic heterocycles. The molecule has 120 valence electrons. The fourth-order valence-electron chi connectivity index (χ4n) is 3.60. The van der Waals surface area contributed by atoms with E-state index in [1.54, 1.807) is 6.07 Å². The first kappa shape index (κ1) is 14.8. The van der Waals surface area contributed by atoms with Gasteiger partial charge in [0.15, 0.2) is 5.76 Å². The van der Waals surface area contributed by atoms with Crippen molar-refractivity contribution in [1.82, 2.24) is 10.2 Å². The van der Waals surface area contributed by atoms with E-state index in [0.29, 0.717) is 22.5 Å². The summed E-state index contributed by atoms with van der Waals surface area (Å²) in [4.78, 5) is 14.9. The first-order valence-electron chi connectivity index (χ1n) is 8.08. The Labute approximate surface area is 140 Å². The number of rotatable bonds is 3. The number of hydrogen-bond acceptors (Lipinski definition) is 3. The lowest BCUT2D eigenvalue weighted by Gasteiger charge is -2.44. The third kappa shape index (κ3) is 3.01. The van der Waals surface area contributed by atoms with E-state index in [2.05, 4.69) is 10.2 Å². The van der Waals surface area contributed by atoms with E-state index in [0.717, 1.165) is 12.1 Å². The Morgan fingerprint density at radius 2 is 1.87 bits per heavy atom. The molecule has 1 unspecified atom stereocenters. The van der Waals surface area contributed by atoms with Crippen LogP contribution in [0.1, 0.15) is 23.4 Å².